The summed E-state index contributed by atoms with van der Waals surface area (Å²) in [5, 5.41) is 45.9. The number of phenols is 2. The van der Waals surface area contributed by atoms with Crippen molar-refractivity contribution in [1.82, 2.24) is 20.4 Å². The van der Waals surface area contributed by atoms with Gasteiger partial charge in [0.25, 0.3) is 17.7 Å². The molecule has 0 aliphatic carbocycles. The Kier molecular flexibility index (Phi) is 12.4. The minimum atomic E-state index is -0.798. The molecule has 2 aliphatic rings. The van der Waals surface area contributed by atoms with Gasteiger partial charge in [-0.1, -0.05) is 19.9 Å². The number of benzene rings is 3. The number of carbonyl (C=O) groups is 6. The number of amides is 6. The maximum Gasteiger partial charge on any atom is 0.411 e. The summed E-state index contributed by atoms with van der Waals surface area (Å²) in [6.07, 6.45) is -0.163. The molecule has 0 spiro atoms. The highest BCUT2D eigenvalue weighted by Gasteiger charge is 2.40. The van der Waals surface area contributed by atoms with E-state index in [-0.39, 0.29) is 91.7 Å². The van der Waals surface area contributed by atoms with Crippen LogP contribution >= 0.6 is 0 Å². The van der Waals surface area contributed by atoms with Crippen LogP contribution in [0.4, 0.5) is 16.2 Å². The van der Waals surface area contributed by atoms with Crippen molar-refractivity contribution in [3.8, 4) is 11.5 Å². The van der Waals surface area contributed by atoms with Crippen LogP contribution in [-0.2, 0) is 25.7 Å². The zero-order valence-electron chi connectivity index (χ0n) is 31.4. The Morgan fingerprint density at radius 2 is 1.75 bits per heavy atom. The van der Waals surface area contributed by atoms with Crippen molar-refractivity contribution in [2.24, 2.45) is 0 Å². The normalized spacial score (nSPS) is 14.8. The van der Waals surface area contributed by atoms with E-state index in [1.165, 1.54) is 40.1 Å². The van der Waals surface area contributed by atoms with E-state index in [1.807, 2.05) is 13.8 Å². The Balaban J connectivity index is 1.18. The summed E-state index contributed by atoms with van der Waals surface area (Å²) in [5.41, 5.74) is 2.11. The van der Waals surface area contributed by atoms with Gasteiger partial charge in [0.05, 0.1) is 12.2 Å². The Labute approximate surface area is 322 Å². The smallest absolute Gasteiger partial charge is 0.411 e. The number of hydrogen-bond donors (Lipinski definition) is 7. The lowest BCUT2D eigenvalue weighted by atomic mass is 9.98. The summed E-state index contributed by atoms with van der Waals surface area (Å²) >= 11 is 0. The molecule has 17 nitrogen and oxygen atoms in total. The number of aromatic hydroxyl groups is 2. The van der Waals surface area contributed by atoms with E-state index in [4.69, 9.17) is 15.6 Å². The maximum absolute atomic E-state index is 13.3. The van der Waals surface area contributed by atoms with E-state index in [9.17, 15) is 39.0 Å². The number of carbonyl (C=O) groups excluding carboxylic acids is 6. The standard InChI is InChI=1S/C39H44N8O9/c1-5-42-36(52)34(41)47(33(40)26-18-25(21(2)3)30(48)19-31(26)49)23-12-10-22(11-13-23)37(53)45(4)16-7-17-56-39(55)43-28-9-6-8-24-27(28)20-46(38(24)54)29-14-15-32(50)44-35(29)51/h6,8-13,18-19,21,29,40-41,48-49H,5,7,14-17,20H2,1-4H3,(H,42,52)(H,43,55)(H,44,50,51). The number of likely N-dealkylation sites (N-methyl/N-ethyl adjacent to an activating group) is 1. The number of fused-ring (bicyclic) bond motifs is 1. The molecule has 0 radical (unpaired) electrons. The molecule has 7 N–H and O–H groups in total. The first-order valence-corrected chi connectivity index (χ1v) is 18.0. The topological polar surface area (TPSA) is 246 Å². The molecule has 0 aromatic heterocycles. The first kappa shape index (κ1) is 40.4. The zero-order valence-corrected chi connectivity index (χ0v) is 31.4. The van der Waals surface area contributed by atoms with Gasteiger partial charge in [-0.2, -0.15) is 0 Å². The second kappa shape index (κ2) is 17.1. The second-order valence-corrected chi connectivity index (χ2v) is 13.6. The van der Waals surface area contributed by atoms with Crippen molar-refractivity contribution in [3.63, 3.8) is 0 Å². The number of anilines is 2. The summed E-state index contributed by atoms with van der Waals surface area (Å²) in [7, 11) is 1.57. The van der Waals surface area contributed by atoms with Crippen LogP contribution in [0, 0.1) is 10.8 Å². The average Bonchev–Trinajstić information content (AvgIpc) is 3.49. The van der Waals surface area contributed by atoms with Gasteiger partial charge in [-0.3, -0.25) is 50.3 Å². The van der Waals surface area contributed by atoms with E-state index in [0.717, 1.165) is 11.0 Å². The van der Waals surface area contributed by atoms with E-state index in [2.05, 4.69) is 16.0 Å². The molecule has 1 fully saturated rings. The lowest BCUT2D eigenvalue weighted by Crippen LogP contribution is -2.52. The molecule has 6 amide bonds. The van der Waals surface area contributed by atoms with Gasteiger partial charge in [0.15, 0.2) is 5.84 Å². The number of nitrogens with one attached hydrogen (secondary N) is 5. The summed E-state index contributed by atoms with van der Waals surface area (Å²) < 4.78 is 5.34. The third-order valence-electron chi connectivity index (χ3n) is 9.43. The van der Waals surface area contributed by atoms with Crippen molar-refractivity contribution in [3.05, 3.63) is 82.4 Å². The van der Waals surface area contributed by atoms with Gasteiger partial charge < -0.3 is 30.1 Å². The first-order valence-electron chi connectivity index (χ1n) is 18.0. The average molecular weight is 769 g/mol. The number of phenolic OH excluding ortho intramolecular Hbond substituents is 2. The van der Waals surface area contributed by atoms with Crippen molar-refractivity contribution in [1.29, 1.82) is 10.8 Å². The summed E-state index contributed by atoms with van der Waals surface area (Å²) in [6, 6.07) is 12.5. The molecular weight excluding hydrogens is 724 g/mol. The molecule has 0 saturated carbocycles. The number of ether oxygens (including phenoxy) is 1. The quantitative estimate of drug-likeness (QED) is 0.0646. The van der Waals surface area contributed by atoms with Gasteiger partial charge >= 0.3 is 6.09 Å². The van der Waals surface area contributed by atoms with E-state index in [1.54, 1.807) is 32.2 Å². The number of rotatable bonds is 11. The van der Waals surface area contributed by atoms with Gasteiger partial charge in [0.1, 0.15) is 23.4 Å². The fourth-order valence-corrected chi connectivity index (χ4v) is 6.47. The molecule has 56 heavy (non-hydrogen) atoms. The Hall–Kier alpha value is -6.78. The van der Waals surface area contributed by atoms with Crippen LogP contribution < -0.4 is 20.9 Å². The molecule has 17 heteroatoms. The second-order valence-electron chi connectivity index (χ2n) is 13.6. The van der Waals surface area contributed by atoms with Gasteiger partial charge in [0, 0.05) is 67.2 Å². The summed E-state index contributed by atoms with van der Waals surface area (Å²) in [4.78, 5) is 79.6. The number of hydrogen-bond acceptors (Lipinski definition) is 11. The van der Waals surface area contributed by atoms with Crippen LogP contribution in [0.2, 0.25) is 0 Å². The first-order chi connectivity index (χ1) is 26.6. The summed E-state index contributed by atoms with van der Waals surface area (Å²) in [6.45, 7) is 5.80. The van der Waals surface area contributed by atoms with Crippen molar-refractivity contribution < 1.29 is 43.7 Å². The predicted molar refractivity (Wildman–Crippen MR) is 205 cm³/mol. The Bertz CT molecular complexity index is 2100. The number of imide groups is 1. The highest BCUT2D eigenvalue weighted by atomic mass is 16.5. The molecular formula is C39H44N8O9. The molecule has 2 heterocycles. The maximum atomic E-state index is 13.3. The van der Waals surface area contributed by atoms with Gasteiger partial charge in [-0.05, 0) is 73.7 Å². The summed E-state index contributed by atoms with van der Waals surface area (Å²) in [5.74, 6) is -4.18. The van der Waals surface area contributed by atoms with Crippen LogP contribution in [0.15, 0.2) is 54.6 Å². The van der Waals surface area contributed by atoms with Crippen LogP contribution in [0.5, 0.6) is 11.5 Å². The predicted octanol–water partition coefficient (Wildman–Crippen LogP) is 3.64. The van der Waals surface area contributed by atoms with Gasteiger partial charge in [-0.15, -0.1) is 0 Å². The van der Waals surface area contributed by atoms with E-state index in [0.29, 0.717) is 22.4 Å². The van der Waals surface area contributed by atoms with Crippen molar-refractivity contribution >= 4 is 58.7 Å². The van der Waals surface area contributed by atoms with Crippen LogP contribution in [0.3, 0.4) is 0 Å². The minimum absolute atomic E-state index is 0.0180. The third kappa shape index (κ3) is 8.61. The lowest BCUT2D eigenvalue weighted by Gasteiger charge is -2.29. The number of nitrogens with zero attached hydrogens (tertiary/aromatic N) is 3. The molecule has 1 unspecified atom stereocenters. The molecule has 5 rings (SSSR count). The fraction of sp³-hybridized carbons (Fsp3) is 0.333. The molecule has 0 bridgehead atoms. The number of piperidine rings is 1. The van der Waals surface area contributed by atoms with Crippen LogP contribution in [0.25, 0.3) is 0 Å². The van der Waals surface area contributed by atoms with Crippen molar-refractivity contribution in [2.75, 3.05) is 37.0 Å². The van der Waals surface area contributed by atoms with Gasteiger partial charge in [-0.25, -0.2) is 4.79 Å². The van der Waals surface area contributed by atoms with E-state index < -0.39 is 41.4 Å². The largest absolute Gasteiger partial charge is 0.508 e. The third-order valence-corrected chi connectivity index (χ3v) is 9.43. The Morgan fingerprint density at radius 1 is 1.04 bits per heavy atom. The van der Waals surface area contributed by atoms with Crippen LogP contribution in [-0.4, -0.2) is 100 Å². The van der Waals surface area contributed by atoms with Gasteiger partial charge in [0.2, 0.25) is 11.8 Å². The zero-order chi connectivity index (χ0) is 40.8. The highest BCUT2D eigenvalue weighted by Crippen LogP contribution is 2.35. The fourth-order valence-electron chi connectivity index (χ4n) is 6.47. The highest BCUT2D eigenvalue weighted by molar-refractivity contribution is 6.48. The lowest BCUT2D eigenvalue weighted by molar-refractivity contribution is -0.137. The van der Waals surface area contributed by atoms with Crippen molar-refractivity contribution in [2.45, 2.75) is 58.5 Å². The molecule has 1 atom stereocenters. The molecule has 3 aromatic rings. The number of amidine groups is 2. The molecule has 2 aliphatic heterocycles. The Morgan fingerprint density at radius 3 is 2.41 bits per heavy atom. The monoisotopic (exact) mass is 768 g/mol. The van der Waals surface area contributed by atoms with E-state index >= 15 is 0 Å². The van der Waals surface area contributed by atoms with Crippen LogP contribution in [0.1, 0.15) is 83.4 Å². The molecule has 3 aromatic carbocycles. The molecule has 1 saturated heterocycles. The minimum Gasteiger partial charge on any atom is -0.508 e. The SMILES string of the molecule is CCNC(=O)C(=N)N(C(=N)c1cc(C(C)C)c(O)cc1O)c1ccc(C(=O)N(C)CCCOC(=O)Nc2cccc3c2CN(C2CCC(=O)NC2=O)C3=O)cc1. The molecule has 294 valence electrons.